The molecular weight excluding hydrogens is 265 g/mol. The molecule has 89 valence electrons. The van der Waals surface area contributed by atoms with Crippen molar-refractivity contribution in [3.8, 4) is 0 Å². The average Bonchev–Trinajstić information content (AvgIpc) is 2.69. The van der Waals surface area contributed by atoms with Gasteiger partial charge in [-0.05, 0) is 23.8 Å². The van der Waals surface area contributed by atoms with Crippen LogP contribution in [0.1, 0.15) is 5.56 Å². The van der Waals surface area contributed by atoms with Crippen LogP contribution < -0.4 is 0 Å². The summed E-state index contributed by atoms with van der Waals surface area (Å²) in [5.41, 5.74) is 2.26. The number of halogens is 2. The molecule has 0 aliphatic rings. The van der Waals surface area contributed by atoms with Crippen LogP contribution in [-0.2, 0) is 6.54 Å². The minimum atomic E-state index is 0.631. The van der Waals surface area contributed by atoms with Crippen LogP contribution in [0.2, 0.25) is 10.2 Å². The first-order chi connectivity index (χ1) is 8.74. The standard InChI is InChI=1S/C15H10Cl2N/c16-13-7-5-11(6-8-13)10-18-14-4-2-1-3-12(14)9-15(18)17/h1-8H,10H2. The SMILES string of the molecule is Clc1ccc(Cn2c(Cl)[c]c3ccccc32)cc1. The molecule has 2 aromatic carbocycles. The largest absolute Gasteiger partial charge is 0.327 e. The van der Waals surface area contributed by atoms with Gasteiger partial charge in [0.05, 0.1) is 5.52 Å². The van der Waals surface area contributed by atoms with E-state index < -0.39 is 0 Å². The fourth-order valence-corrected chi connectivity index (χ4v) is 2.40. The summed E-state index contributed by atoms with van der Waals surface area (Å²) in [4.78, 5) is 0. The molecule has 0 N–H and O–H groups in total. The summed E-state index contributed by atoms with van der Waals surface area (Å²) in [6.45, 7) is 0.722. The lowest BCUT2D eigenvalue weighted by atomic mass is 10.2. The van der Waals surface area contributed by atoms with E-state index in [2.05, 4.69) is 6.07 Å². The first-order valence-electron chi connectivity index (χ1n) is 5.64. The lowest BCUT2D eigenvalue weighted by molar-refractivity contribution is 0.837. The van der Waals surface area contributed by atoms with E-state index in [9.17, 15) is 0 Å². The average molecular weight is 275 g/mol. The molecule has 0 fully saturated rings. The summed E-state index contributed by atoms with van der Waals surface area (Å²) >= 11 is 12.1. The molecule has 0 saturated heterocycles. The number of benzene rings is 2. The number of nitrogens with zero attached hydrogens (tertiary/aromatic N) is 1. The molecule has 0 bridgehead atoms. The molecular formula is C15H10Cl2N. The van der Waals surface area contributed by atoms with E-state index >= 15 is 0 Å². The molecule has 3 rings (SSSR count). The van der Waals surface area contributed by atoms with Crippen LogP contribution in [-0.4, -0.2) is 4.57 Å². The lowest BCUT2D eigenvalue weighted by Gasteiger charge is -2.07. The fourth-order valence-electron chi connectivity index (χ4n) is 2.03. The molecule has 0 unspecified atom stereocenters. The number of hydrogen-bond acceptors (Lipinski definition) is 0. The molecule has 18 heavy (non-hydrogen) atoms. The Morgan fingerprint density at radius 3 is 2.44 bits per heavy atom. The van der Waals surface area contributed by atoms with Gasteiger partial charge in [0, 0.05) is 23.0 Å². The summed E-state index contributed by atoms with van der Waals surface area (Å²) < 4.78 is 2.04. The van der Waals surface area contributed by atoms with E-state index in [1.54, 1.807) is 0 Å². The van der Waals surface area contributed by atoms with Gasteiger partial charge < -0.3 is 4.57 Å². The van der Waals surface area contributed by atoms with Crippen LogP contribution in [0.25, 0.3) is 10.9 Å². The van der Waals surface area contributed by atoms with E-state index in [1.165, 1.54) is 0 Å². The van der Waals surface area contributed by atoms with Gasteiger partial charge in [-0.25, -0.2) is 0 Å². The van der Waals surface area contributed by atoms with Crippen LogP contribution in [0, 0.1) is 6.07 Å². The van der Waals surface area contributed by atoms with E-state index in [4.69, 9.17) is 23.2 Å². The van der Waals surface area contributed by atoms with Gasteiger partial charge >= 0.3 is 0 Å². The zero-order valence-corrected chi connectivity index (χ0v) is 11.0. The van der Waals surface area contributed by atoms with Crippen LogP contribution in [0.4, 0.5) is 0 Å². The molecule has 1 heterocycles. The van der Waals surface area contributed by atoms with Gasteiger partial charge in [-0.2, -0.15) is 0 Å². The summed E-state index contributed by atoms with van der Waals surface area (Å²) in [5, 5.41) is 2.41. The second-order valence-corrected chi connectivity index (χ2v) is 4.94. The van der Waals surface area contributed by atoms with Gasteiger partial charge in [0.15, 0.2) is 0 Å². The fraction of sp³-hybridized carbons (Fsp3) is 0.0667. The molecule has 0 aliphatic carbocycles. The molecule has 3 heteroatoms. The van der Waals surface area contributed by atoms with Gasteiger partial charge in [0.25, 0.3) is 0 Å². The van der Waals surface area contributed by atoms with Crippen molar-refractivity contribution < 1.29 is 0 Å². The van der Waals surface area contributed by atoms with Crippen molar-refractivity contribution in [1.82, 2.24) is 4.57 Å². The molecule has 0 saturated carbocycles. The Balaban J connectivity index is 2.04. The second-order valence-electron chi connectivity index (χ2n) is 4.15. The van der Waals surface area contributed by atoms with Gasteiger partial charge in [-0.1, -0.05) is 53.5 Å². The maximum atomic E-state index is 6.23. The highest BCUT2D eigenvalue weighted by Crippen LogP contribution is 2.24. The second kappa shape index (κ2) is 4.68. The number of para-hydroxylation sites is 1. The van der Waals surface area contributed by atoms with Crippen molar-refractivity contribution in [2.24, 2.45) is 0 Å². The van der Waals surface area contributed by atoms with E-state index in [1.807, 2.05) is 53.1 Å². The van der Waals surface area contributed by atoms with Crippen molar-refractivity contribution in [3.05, 3.63) is 70.3 Å². The first-order valence-corrected chi connectivity index (χ1v) is 6.40. The Morgan fingerprint density at radius 2 is 1.67 bits per heavy atom. The molecule has 3 aromatic rings. The molecule has 0 spiro atoms. The lowest BCUT2D eigenvalue weighted by Crippen LogP contribution is -1.99. The van der Waals surface area contributed by atoms with Crippen LogP contribution in [0.5, 0.6) is 0 Å². The number of hydrogen-bond donors (Lipinski definition) is 0. The van der Waals surface area contributed by atoms with Crippen LogP contribution >= 0.6 is 23.2 Å². The van der Waals surface area contributed by atoms with E-state index in [0.29, 0.717) is 5.15 Å². The summed E-state index contributed by atoms with van der Waals surface area (Å²) in [7, 11) is 0. The molecule has 1 radical (unpaired) electrons. The summed E-state index contributed by atoms with van der Waals surface area (Å²) in [6, 6.07) is 19.0. The zero-order valence-electron chi connectivity index (χ0n) is 9.53. The topological polar surface area (TPSA) is 4.93 Å². The number of aromatic nitrogens is 1. The first kappa shape index (κ1) is 11.6. The zero-order chi connectivity index (χ0) is 12.5. The summed E-state index contributed by atoms with van der Waals surface area (Å²) in [5.74, 6) is 0. The van der Waals surface area contributed by atoms with Gasteiger partial charge in [-0.15, -0.1) is 0 Å². The molecule has 0 atom stereocenters. The number of fused-ring (bicyclic) bond motifs is 1. The highest BCUT2D eigenvalue weighted by molar-refractivity contribution is 6.31. The third kappa shape index (κ3) is 2.12. The van der Waals surface area contributed by atoms with Crippen molar-refractivity contribution in [3.63, 3.8) is 0 Å². The maximum Gasteiger partial charge on any atom is 0.118 e. The van der Waals surface area contributed by atoms with E-state index in [0.717, 1.165) is 28.0 Å². The highest BCUT2D eigenvalue weighted by Gasteiger charge is 2.07. The van der Waals surface area contributed by atoms with Crippen molar-refractivity contribution >= 4 is 34.1 Å². The van der Waals surface area contributed by atoms with Gasteiger partial charge in [0.1, 0.15) is 5.15 Å². The van der Waals surface area contributed by atoms with Gasteiger partial charge in [0.2, 0.25) is 0 Å². The molecule has 1 nitrogen and oxygen atoms in total. The normalized spacial score (nSPS) is 11.0. The van der Waals surface area contributed by atoms with Crippen molar-refractivity contribution in [2.45, 2.75) is 6.54 Å². The predicted molar refractivity (Wildman–Crippen MR) is 76.3 cm³/mol. The Hall–Kier alpha value is -1.44. The minimum Gasteiger partial charge on any atom is -0.327 e. The van der Waals surface area contributed by atoms with Crippen LogP contribution in [0.3, 0.4) is 0 Å². The van der Waals surface area contributed by atoms with Crippen molar-refractivity contribution in [2.75, 3.05) is 0 Å². The smallest absolute Gasteiger partial charge is 0.118 e. The maximum absolute atomic E-state index is 6.23. The molecule has 0 aliphatic heterocycles. The summed E-state index contributed by atoms with van der Waals surface area (Å²) in [6.07, 6.45) is 0. The quantitative estimate of drug-likeness (QED) is 0.633. The predicted octanol–water partition coefficient (Wildman–Crippen LogP) is 4.80. The Kier molecular flexibility index (Phi) is 3.02. The van der Waals surface area contributed by atoms with Crippen LogP contribution in [0.15, 0.2) is 48.5 Å². The number of rotatable bonds is 2. The molecule has 0 amide bonds. The Labute approximate surface area is 116 Å². The van der Waals surface area contributed by atoms with Gasteiger partial charge in [-0.3, -0.25) is 0 Å². The third-order valence-electron chi connectivity index (χ3n) is 2.92. The minimum absolute atomic E-state index is 0.631. The Morgan fingerprint density at radius 1 is 0.944 bits per heavy atom. The Bertz CT molecular complexity index is 683. The monoisotopic (exact) mass is 274 g/mol. The molecule has 1 aromatic heterocycles. The van der Waals surface area contributed by atoms with Crippen molar-refractivity contribution in [1.29, 1.82) is 0 Å². The van der Waals surface area contributed by atoms with E-state index in [-0.39, 0.29) is 0 Å². The third-order valence-corrected chi connectivity index (χ3v) is 3.47. The highest BCUT2D eigenvalue weighted by atomic mass is 35.5.